The van der Waals surface area contributed by atoms with Crippen LogP contribution in [0.3, 0.4) is 0 Å². The van der Waals surface area contributed by atoms with Gasteiger partial charge in [0.2, 0.25) is 0 Å². The topological polar surface area (TPSA) is 17.1 Å². The van der Waals surface area contributed by atoms with Crippen LogP contribution in [0.2, 0.25) is 0 Å². The van der Waals surface area contributed by atoms with Crippen LogP contribution < -0.4 is 0 Å². The van der Waals surface area contributed by atoms with E-state index in [1.165, 1.54) is 44.9 Å². The van der Waals surface area contributed by atoms with Crippen LogP contribution in [0.25, 0.3) is 0 Å². The van der Waals surface area contributed by atoms with E-state index >= 15 is 0 Å². The molecule has 0 aliphatic heterocycles. The Morgan fingerprint density at radius 2 is 1.92 bits per heavy atom. The fourth-order valence-electron chi connectivity index (χ4n) is 2.62. The first-order valence-corrected chi connectivity index (χ1v) is 5.24. The standard InChI is InChI=1S/C11H18O/c1-9(12)11(6-7-11)8-10-4-2-3-5-10/h10H,2-8H2,1H3. The van der Waals surface area contributed by atoms with Crippen LogP contribution in [0.1, 0.15) is 51.9 Å². The normalized spacial score (nSPS) is 27.4. The van der Waals surface area contributed by atoms with E-state index in [4.69, 9.17) is 0 Å². The van der Waals surface area contributed by atoms with Crippen molar-refractivity contribution in [3.05, 3.63) is 0 Å². The van der Waals surface area contributed by atoms with Crippen molar-refractivity contribution in [1.29, 1.82) is 0 Å². The molecule has 0 bridgehead atoms. The average molecular weight is 166 g/mol. The Kier molecular flexibility index (Phi) is 1.97. The average Bonchev–Trinajstić information content (AvgIpc) is 2.60. The summed E-state index contributed by atoms with van der Waals surface area (Å²) in [6.45, 7) is 1.78. The highest BCUT2D eigenvalue weighted by Gasteiger charge is 2.48. The fraction of sp³-hybridized carbons (Fsp3) is 0.909. The molecule has 0 saturated heterocycles. The SMILES string of the molecule is CC(=O)C1(CC2CCCC2)CC1. The summed E-state index contributed by atoms with van der Waals surface area (Å²) in [7, 11) is 0. The minimum absolute atomic E-state index is 0.176. The molecule has 1 nitrogen and oxygen atoms in total. The van der Waals surface area contributed by atoms with Crippen LogP contribution in [0, 0.1) is 11.3 Å². The molecule has 68 valence electrons. The van der Waals surface area contributed by atoms with E-state index in [-0.39, 0.29) is 5.41 Å². The van der Waals surface area contributed by atoms with Gasteiger partial charge >= 0.3 is 0 Å². The highest BCUT2D eigenvalue weighted by atomic mass is 16.1. The lowest BCUT2D eigenvalue weighted by molar-refractivity contribution is -0.122. The maximum absolute atomic E-state index is 11.3. The summed E-state index contributed by atoms with van der Waals surface area (Å²) in [5.74, 6) is 1.34. The summed E-state index contributed by atoms with van der Waals surface area (Å²) in [5.41, 5.74) is 0.176. The molecule has 0 aromatic heterocycles. The molecule has 2 saturated carbocycles. The fourth-order valence-corrected chi connectivity index (χ4v) is 2.62. The Balaban J connectivity index is 1.89. The molecular formula is C11H18O. The first-order chi connectivity index (χ1) is 5.73. The van der Waals surface area contributed by atoms with Crippen molar-refractivity contribution in [2.75, 3.05) is 0 Å². The largest absolute Gasteiger partial charge is 0.299 e. The molecule has 2 aliphatic carbocycles. The van der Waals surface area contributed by atoms with Gasteiger partial charge in [-0.15, -0.1) is 0 Å². The molecule has 0 heterocycles. The number of Topliss-reactive ketones (excluding diaryl/α,β-unsaturated/α-hetero) is 1. The number of hydrogen-bond donors (Lipinski definition) is 0. The van der Waals surface area contributed by atoms with Gasteiger partial charge in [-0.3, -0.25) is 4.79 Å². The van der Waals surface area contributed by atoms with E-state index in [0.29, 0.717) is 5.78 Å². The molecule has 0 aromatic carbocycles. The molecule has 2 aliphatic rings. The van der Waals surface area contributed by atoms with E-state index in [2.05, 4.69) is 0 Å². The van der Waals surface area contributed by atoms with Crippen LogP contribution in [-0.2, 0) is 4.79 Å². The molecule has 0 unspecified atom stereocenters. The van der Waals surface area contributed by atoms with Gasteiger partial charge in [-0.2, -0.15) is 0 Å². The second-order valence-corrected chi connectivity index (χ2v) is 4.69. The highest BCUT2D eigenvalue weighted by Crippen LogP contribution is 2.53. The van der Waals surface area contributed by atoms with E-state index in [0.717, 1.165) is 5.92 Å². The minimum Gasteiger partial charge on any atom is -0.299 e. The first kappa shape index (κ1) is 8.28. The number of hydrogen-bond acceptors (Lipinski definition) is 1. The van der Waals surface area contributed by atoms with Gasteiger partial charge in [-0.25, -0.2) is 0 Å². The number of carbonyl (C=O) groups is 1. The quantitative estimate of drug-likeness (QED) is 0.630. The molecule has 1 heteroatoms. The van der Waals surface area contributed by atoms with Crippen molar-refractivity contribution in [2.45, 2.75) is 51.9 Å². The van der Waals surface area contributed by atoms with Crippen LogP contribution in [-0.4, -0.2) is 5.78 Å². The Bertz CT molecular complexity index is 185. The molecule has 0 spiro atoms. The molecule has 2 fully saturated rings. The second-order valence-electron chi connectivity index (χ2n) is 4.69. The summed E-state index contributed by atoms with van der Waals surface area (Å²) < 4.78 is 0. The summed E-state index contributed by atoms with van der Waals surface area (Å²) in [6, 6.07) is 0. The molecule has 0 radical (unpaired) electrons. The maximum atomic E-state index is 11.3. The first-order valence-electron chi connectivity index (χ1n) is 5.24. The predicted octanol–water partition coefficient (Wildman–Crippen LogP) is 2.94. The van der Waals surface area contributed by atoms with Crippen LogP contribution in [0.15, 0.2) is 0 Å². The van der Waals surface area contributed by atoms with Gasteiger partial charge in [0.05, 0.1) is 0 Å². The van der Waals surface area contributed by atoms with Crippen molar-refractivity contribution in [3.8, 4) is 0 Å². The minimum atomic E-state index is 0.176. The number of rotatable bonds is 3. The molecule has 0 N–H and O–H groups in total. The molecular weight excluding hydrogens is 148 g/mol. The smallest absolute Gasteiger partial charge is 0.135 e. The Morgan fingerprint density at radius 1 is 1.33 bits per heavy atom. The van der Waals surface area contributed by atoms with Crippen LogP contribution in [0.5, 0.6) is 0 Å². The molecule has 2 rings (SSSR count). The summed E-state index contributed by atoms with van der Waals surface area (Å²) in [6.07, 6.45) is 9.14. The Morgan fingerprint density at radius 3 is 2.33 bits per heavy atom. The molecule has 0 amide bonds. The number of carbonyl (C=O) groups excluding carboxylic acids is 1. The van der Waals surface area contributed by atoms with E-state index < -0.39 is 0 Å². The monoisotopic (exact) mass is 166 g/mol. The van der Waals surface area contributed by atoms with Gasteiger partial charge in [0.25, 0.3) is 0 Å². The summed E-state index contributed by atoms with van der Waals surface area (Å²) >= 11 is 0. The zero-order valence-corrected chi connectivity index (χ0v) is 7.94. The zero-order chi connectivity index (χ0) is 8.60. The van der Waals surface area contributed by atoms with Gasteiger partial charge in [0.15, 0.2) is 0 Å². The Hall–Kier alpha value is -0.330. The van der Waals surface area contributed by atoms with Gasteiger partial charge in [0, 0.05) is 5.41 Å². The highest BCUT2D eigenvalue weighted by molar-refractivity contribution is 5.84. The van der Waals surface area contributed by atoms with Crippen molar-refractivity contribution in [1.82, 2.24) is 0 Å². The summed E-state index contributed by atoms with van der Waals surface area (Å²) in [4.78, 5) is 11.3. The lowest BCUT2D eigenvalue weighted by Crippen LogP contribution is -2.15. The lowest BCUT2D eigenvalue weighted by atomic mass is 9.88. The third-order valence-electron chi connectivity index (χ3n) is 3.75. The van der Waals surface area contributed by atoms with Gasteiger partial charge in [0.1, 0.15) is 5.78 Å². The molecule has 12 heavy (non-hydrogen) atoms. The van der Waals surface area contributed by atoms with Crippen molar-refractivity contribution in [3.63, 3.8) is 0 Å². The van der Waals surface area contributed by atoms with E-state index in [1.807, 2.05) is 0 Å². The molecule has 0 atom stereocenters. The molecule has 0 aromatic rings. The van der Waals surface area contributed by atoms with Gasteiger partial charge in [-0.1, -0.05) is 25.7 Å². The Labute approximate surface area is 74.5 Å². The zero-order valence-electron chi connectivity index (χ0n) is 7.94. The van der Waals surface area contributed by atoms with Crippen molar-refractivity contribution in [2.24, 2.45) is 11.3 Å². The number of ketones is 1. The lowest BCUT2D eigenvalue weighted by Gasteiger charge is -2.15. The third kappa shape index (κ3) is 1.41. The van der Waals surface area contributed by atoms with Gasteiger partial charge < -0.3 is 0 Å². The van der Waals surface area contributed by atoms with Gasteiger partial charge in [-0.05, 0) is 32.1 Å². The van der Waals surface area contributed by atoms with Crippen molar-refractivity contribution < 1.29 is 4.79 Å². The summed E-state index contributed by atoms with van der Waals surface area (Å²) in [5, 5.41) is 0. The van der Waals surface area contributed by atoms with Crippen molar-refractivity contribution >= 4 is 5.78 Å². The second kappa shape index (κ2) is 2.86. The predicted molar refractivity (Wildman–Crippen MR) is 48.9 cm³/mol. The van der Waals surface area contributed by atoms with Crippen LogP contribution >= 0.6 is 0 Å². The van der Waals surface area contributed by atoms with E-state index in [9.17, 15) is 4.79 Å². The van der Waals surface area contributed by atoms with Crippen LogP contribution in [0.4, 0.5) is 0 Å². The maximum Gasteiger partial charge on any atom is 0.135 e. The third-order valence-corrected chi connectivity index (χ3v) is 3.75. The van der Waals surface area contributed by atoms with E-state index in [1.54, 1.807) is 6.92 Å².